The van der Waals surface area contributed by atoms with Gasteiger partial charge in [0.05, 0.1) is 32.4 Å². The monoisotopic (exact) mass is 1140 g/mol. The number of likely N-dealkylation sites (N-methyl/N-ethyl adjacent to an activating group) is 1. The lowest BCUT2D eigenvalue weighted by Crippen LogP contribution is -2.58. The van der Waals surface area contributed by atoms with Crippen LogP contribution >= 0.6 is 46.4 Å². The van der Waals surface area contributed by atoms with Crippen molar-refractivity contribution in [3.8, 4) is 0 Å². The van der Waals surface area contributed by atoms with Crippen molar-refractivity contribution in [3.63, 3.8) is 0 Å². The van der Waals surface area contributed by atoms with Crippen molar-refractivity contribution in [2.75, 3.05) is 20.1 Å². The quantitative estimate of drug-likeness (QED) is 0.0990. The number of halogens is 4. The van der Waals surface area contributed by atoms with Gasteiger partial charge in [0.1, 0.15) is 0 Å². The molecule has 2 heterocycles. The van der Waals surface area contributed by atoms with Crippen LogP contribution < -0.4 is 4.72 Å². The minimum atomic E-state index is -3.60. The standard InChI is InChI=1S/C30H40Cl2N2O3S.C29H38Cl2N2O3S/c1-8-17-30(6)19-26(22-11-10-12-24(32)18-22)27(21-13-15-23(31)16-14-21)34(28(30)35)25(9-2)20-33(7)38(36,37)29(3,4)5;1-7-16-29(6)18-25(21-10-9-11-23(31)17-21)26(20-12-14-22(30)15-13-20)33(27(29)34)24(8-2)19-32-37(35,36)28(3,4)5/h8,10-16,18,25-27H,1,9,17,19-20H2,2-7H3;7,9-15,17,24-26,32H,1,8,16,18-19H2,2-6H3/t25-,26+,27+,30-;24-,25+,26+,29-/m00/s1. The number of hydrogen-bond acceptors (Lipinski definition) is 6. The predicted molar refractivity (Wildman–Crippen MR) is 312 cm³/mol. The third kappa shape index (κ3) is 14.1. The fourth-order valence-corrected chi connectivity index (χ4v) is 13.5. The van der Waals surface area contributed by atoms with Crippen LogP contribution in [0.4, 0.5) is 0 Å². The predicted octanol–water partition coefficient (Wildman–Crippen LogP) is 14.6. The van der Waals surface area contributed by atoms with Gasteiger partial charge in [-0.05, 0) is 151 Å². The Morgan fingerprint density at radius 2 is 1.01 bits per heavy atom. The highest BCUT2D eigenvalue weighted by Crippen LogP contribution is 2.54. The Labute approximate surface area is 469 Å². The highest BCUT2D eigenvalue weighted by Gasteiger charge is 2.53. The molecule has 4 aromatic rings. The first-order chi connectivity index (χ1) is 34.9. The SMILES string of the molecule is C=CC[C@@]1(C)C[C@H](c2cccc(Cl)c2)[C@@H](c2ccc(Cl)cc2)N([C@@H](CC)CN(C)S(=O)(=O)C(C)(C)C)C1=O.C=CC[C@@]1(C)C[C@H](c2cccc(Cl)c2)[C@@H](c2ccc(Cl)cc2)N([C@@H](CC)CNS(=O)(=O)C(C)(C)C)C1=O. The molecule has 2 saturated heterocycles. The Kier molecular flexibility index (Phi) is 20.7. The van der Waals surface area contributed by atoms with Gasteiger partial charge in [-0.15, -0.1) is 13.2 Å². The van der Waals surface area contributed by atoms with E-state index in [9.17, 15) is 26.4 Å². The number of nitrogens with one attached hydrogen (secondary N) is 1. The maximum atomic E-state index is 14.4. The van der Waals surface area contributed by atoms with E-state index in [0.717, 1.165) is 22.3 Å². The lowest BCUT2D eigenvalue weighted by Gasteiger charge is -2.52. The molecule has 4 aromatic carbocycles. The van der Waals surface area contributed by atoms with Crippen molar-refractivity contribution in [1.29, 1.82) is 0 Å². The topological polar surface area (TPSA) is 124 Å². The largest absolute Gasteiger partial charge is 0.330 e. The molecular weight excluding hydrogens is 1070 g/mol. The van der Waals surface area contributed by atoms with Crippen molar-refractivity contribution in [2.24, 2.45) is 10.8 Å². The summed E-state index contributed by atoms with van der Waals surface area (Å²) in [6.07, 6.45) is 6.99. The lowest BCUT2D eigenvalue weighted by molar-refractivity contribution is -0.155. The molecule has 0 radical (unpaired) electrons. The summed E-state index contributed by atoms with van der Waals surface area (Å²) in [7, 11) is -5.58. The van der Waals surface area contributed by atoms with E-state index in [0.29, 0.717) is 58.6 Å². The van der Waals surface area contributed by atoms with Crippen LogP contribution in [0.1, 0.15) is 154 Å². The number of hydrogen-bond donors (Lipinski definition) is 1. The number of rotatable bonds is 18. The van der Waals surface area contributed by atoms with Crippen molar-refractivity contribution < 1.29 is 26.4 Å². The molecule has 2 fully saturated rings. The summed E-state index contributed by atoms with van der Waals surface area (Å²) in [4.78, 5) is 32.6. The molecule has 10 nitrogen and oxygen atoms in total. The van der Waals surface area contributed by atoms with Gasteiger partial charge >= 0.3 is 0 Å². The third-order valence-corrected chi connectivity index (χ3v) is 20.7. The summed E-state index contributed by atoms with van der Waals surface area (Å²) in [5.41, 5.74) is 2.57. The van der Waals surface area contributed by atoms with Gasteiger partial charge in [-0.1, -0.05) is 135 Å². The van der Waals surface area contributed by atoms with Gasteiger partial charge in [0.15, 0.2) is 0 Å². The Morgan fingerprint density at radius 3 is 1.35 bits per heavy atom. The average molecular weight is 1150 g/mol. The van der Waals surface area contributed by atoms with Gasteiger partial charge in [0.25, 0.3) is 0 Å². The molecule has 0 bridgehead atoms. The zero-order chi connectivity index (χ0) is 56.1. The van der Waals surface area contributed by atoms with E-state index in [-0.39, 0.29) is 60.9 Å². The Hall–Kier alpha value is -3.72. The molecule has 2 amide bonds. The van der Waals surface area contributed by atoms with Gasteiger partial charge in [0.2, 0.25) is 31.9 Å². The first kappa shape index (κ1) is 62.1. The molecule has 0 aliphatic carbocycles. The summed E-state index contributed by atoms with van der Waals surface area (Å²) >= 11 is 25.3. The highest BCUT2D eigenvalue weighted by molar-refractivity contribution is 7.91. The fourth-order valence-electron chi connectivity index (χ4n) is 10.7. The van der Waals surface area contributed by atoms with Crippen LogP contribution in [0.2, 0.25) is 20.1 Å². The van der Waals surface area contributed by atoms with Crippen molar-refractivity contribution in [3.05, 3.63) is 165 Å². The number of piperidine rings is 2. The molecule has 75 heavy (non-hydrogen) atoms. The molecule has 0 saturated carbocycles. The smallest absolute Gasteiger partial charge is 0.229 e. The number of amides is 2. The summed E-state index contributed by atoms with van der Waals surface area (Å²) in [6.45, 7) is 26.2. The van der Waals surface area contributed by atoms with E-state index < -0.39 is 40.4 Å². The summed E-state index contributed by atoms with van der Waals surface area (Å²) in [5.74, 6) is -0.150. The van der Waals surface area contributed by atoms with Crippen LogP contribution in [0.25, 0.3) is 0 Å². The molecule has 1 N–H and O–H groups in total. The van der Waals surface area contributed by atoms with E-state index >= 15 is 0 Å². The van der Waals surface area contributed by atoms with E-state index in [1.807, 2.05) is 128 Å². The van der Waals surface area contributed by atoms with Crippen LogP contribution in [-0.4, -0.2) is 84.5 Å². The number of carbonyl (C=O) groups is 2. The molecule has 410 valence electrons. The highest BCUT2D eigenvalue weighted by atomic mass is 35.5. The number of likely N-dealkylation sites (tertiary alicyclic amines) is 2. The van der Waals surface area contributed by atoms with E-state index in [1.54, 1.807) is 60.7 Å². The van der Waals surface area contributed by atoms with Crippen molar-refractivity contribution in [1.82, 2.24) is 18.8 Å². The van der Waals surface area contributed by atoms with E-state index in [4.69, 9.17) is 46.4 Å². The first-order valence-corrected chi connectivity index (χ1v) is 30.2. The van der Waals surface area contributed by atoms with E-state index in [2.05, 4.69) is 23.9 Å². The van der Waals surface area contributed by atoms with Gasteiger partial charge < -0.3 is 9.80 Å². The Balaban J connectivity index is 0.000000277. The number of nitrogens with zero attached hydrogens (tertiary/aromatic N) is 3. The zero-order valence-electron chi connectivity index (χ0n) is 45.5. The summed E-state index contributed by atoms with van der Waals surface area (Å²) in [5, 5.41) is 2.49. The summed E-state index contributed by atoms with van der Waals surface area (Å²) in [6, 6.07) is 29.4. The van der Waals surface area contributed by atoms with Crippen molar-refractivity contribution >= 4 is 78.3 Å². The van der Waals surface area contributed by atoms with Crippen LogP contribution in [0.3, 0.4) is 0 Å². The fraction of sp³-hybridized carbons (Fsp3) is 0.492. The molecule has 16 heteroatoms. The maximum absolute atomic E-state index is 14.4. The molecule has 2 aliphatic heterocycles. The second-order valence-corrected chi connectivity index (χ2v) is 29.8. The van der Waals surface area contributed by atoms with Crippen LogP contribution in [0.5, 0.6) is 0 Å². The van der Waals surface area contributed by atoms with Crippen LogP contribution in [-0.2, 0) is 29.6 Å². The Morgan fingerprint density at radius 1 is 0.627 bits per heavy atom. The molecule has 2 aliphatic rings. The van der Waals surface area contributed by atoms with E-state index in [1.165, 1.54) is 4.31 Å². The minimum absolute atomic E-state index is 0.00374. The third-order valence-electron chi connectivity index (χ3n) is 15.1. The van der Waals surface area contributed by atoms with Gasteiger partial charge in [-0.3, -0.25) is 9.59 Å². The summed E-state index contributed by atoms with van der Waals surface area (Å²) < 4.78 is 54.7. The molecule has 6 rings (SSSR count). The number of benzene rings is 4. The number of carbonyl (C=O) groups excluding carboxylic acids is 2. The molecule has 0 spiro atoms. The zero-order valence-corrected chi connectivity index (χ0v) is 50.2. The van der Waals surface area contributed by atoms with Gasteiger partial charge in [-0.2, -0.15) is 0 Å². The van der Waals surface area contributed by atoms with Gasteiger partial charge in [-0.25, -0.2) is 25.9 Å². The second kappa shape index (κ2) is 24.9. The van der Waals surface area contributed by atoms with Crippen LogP contribution in [0.15, 0.2) is 122 Å². The van der Waals surface area contributed by atoms with Gasteiger partial charge in [0, 0.05) is 64.1 Å². The van der Waals surface area contributed by atoms with Crippen molar-refractivity contribution in [2.45, 2.75) is 153 Å². The lowest BCUT2D eigenvalue weighted by atomic mass is 9.67. The van der Waals surface area contributed by atoms with Crippen LogP contribution in [0, 0.1) is 10.8 Å². The minimum Gasteiger partial charge on any atom is -0.330 e. The second-order valence-electron chi connectivity index (χ2n) is 22.7. The molecular formula is C59H78Cl4N4O6S2. The maximum Gasteiger partial charge on any atom is 0.229 e. The number of sulfonamides is 2. The normalized spacial score (nSPS) is 23.6. The molecule has 8 atom stereocenters. The Bertz CT molecular complexity index is 2870. The molecule has 0 unspecified atom stereocenters. The first-order valence-electron chi connectivity index (χ1n) is 25.7. The average Bonchev–Trinajstić information content (AvgIpc) is 3.33. The number of allylic oxidation sites excluding steroid dienone is 2. The molecule has 0 aromatic heterocycles.